The minimum atomic E-state index is -4.48. The van der Waals surface area contributed by atoms with Crippen molar-refractivity contribution in [2.45, 2.75) is 25.2 Å². The lowest BCUT2D eigenvalue weighted by Gasteiger charge is -2.17. The number of rotatable bonds is 4. The second-order valence-electron chi connectivity index (χ2n) is 5.82. The summed E-state index contributed by atoms with van der Waals surface area (Å²) < 4.78 is 52.8. The number of aromatic nitrogens is 2. The van der Waals surface area contributed by atoms with Crippen LogP contribution in [0.25, 0.3) is 0 Å². The third kappa shape index (κ3) is 5.05. The van der Waals surface area contributed by atoms with Gasteiger partial charge in [0.1, 0.15) is 5.82 Å². The van der Waals surface area contributed by atoms with Crippen molar-refractivity contribution >= 4 is 34.3 Å². The maximum atomic E-state index is 13.8. The van der Waals surface area contributed by atoms with E-state index in [1.165, 1.54) is 0 Å². The molecule has 1 aliphatic heterocycles. The summed E-state index contributed by atoms with van der Waals surface area (Å²) in [6, 6.07) is 2.49. The molecular formula is C16H16BrClF4N4. The van der Waals surface area contributed by atoms with Crippen LogP contribution in [0.5, 0.6) is 0 Å². The van der Waals surface area contributed by atoms with Crippen LogP contribution in [-0.2, 0) is 12.7 Å². The average Bonchev–Trinajstić information content (AvgIpc) is 3.02. The van der Waals surface area contributed by atoms with Gasteiger partial charge in [-0.3, -0.25) is 0 Å². The largest absolute Gasteiger partial charge is 0.416 e. The van der Waals surface area contributed by atoms with Crippen LogP contribution in [0.2, 0.25) is 0 Å². The molecule has 10 heteroatoms. The van der Waals surface area contributed by atoms with E-state index in [1.54, 1.807) is 12.4 Å². The van der Waals surface area contributed by atoms with E-state index in [0.29, 0.717) is 12.5 Å². The molecule has 1 aromatic heterocycles. The lowest BCUT2D eigenvalue weighted by molar-refractivity contribution is -0.137. The van der Waals surface area contributed by atoms with E-state index < -0.39 is 17.6 Å². The lowest BCUT2D eigenvalue weighted by atomic mass is 10.1. The predicted octanol–water partition coefficient (Wildman–Crippen LogP) is 4.19. The number of alkyl halides is 3. The number of hydrogen-bond donors (Lipinski definition) is 1. The van der Waals surface area contributed by atoms with Gasteiger partial charge in [0.25, 0.3) is 0 Å². The van der Waals surface area contributed by atoms with E-state index in [0.717, 1.165) is 35.6 Å². The first kappa shape index (κ1) is 20.9. The third-order valence-corrected chi connectivity index (χ3v) is 4.44. The second-order valence-corrected chi connectivity index (χ2v) is 6.73. The van der Waals surface area contributed by atoms with Crippen molar-refractivity contribution in [3.05, 3.63) is 52.0 Å². The lowest BCUT2D eigenvalue weighted by Crippen LogP contribution is -2.33. The molecule has 0 spiro atoms. The molecule has 142 valence electrons. The van der Waals surface area contributed by atoms with Crippen molar-refractivity contribution in [1.29, 1.82) is 0 Å². The third-order valence-electron chi connectivity index (χ3n) is 4.03. The van der Waals surface area contributed by atoms with Crippen molar-refractivity contribution in [2.24, 2.45) is 0 Å². The van der Waals surface area contributed by atoms with Crippen LogP contribution < -0.4 is 10.2 Å². The Balaban J connectivity index is 0.00000243. The van der Waals surface area contributed by atoms with Crippen molar-refractivity contribution in [3.63, 3.8) is 0 Å². The monoisotopic (exact) mass is 454 g/mol. The predicted molar refractivity (Wildman–Crippen MR) is 95.8 cm³/mol. The molecule has 1 saturated heterocycles. The zero-order valence-corrected chi connectivity index (χ0v) is 15.8. The molecule has 0 saturated carbocycles. The van der Waals surface area contributed by atoms with Crippen molar-refractivity contribution in [2.75, 3.05) is 18.0 Å². The molecule has 1 unspecified atom stereocenters. The standard InChI is InChI=1S/C16H15BrF4N4.ClH/c17-12-7-23-15(24-8-12)25-4-3-13(9-25)22-6-10-5-11(16(19,20)21)1-2-14(10)18;/h1-2,5,7-8,13,22H,3-4,6,9H2;1H. The minimum Gasteiger partial charge on any atom is -0.339 e. The van der Waals surface area contributed by atoms with Crippen molar-refractivity contribution < 1.29 is 17.6 Å². The molecule has 2 aromatic rings. The highest BCUT2D eigenvalue weighted by Crippen LogP contribution is 2.30. The van der Waals surface area contributed by atoms with Crippen LogP contribution in [0.1, 0.15) is 17.5 Å². The summed E-state index contributed by atoms with van der Waals surface area (Å²) in [4.78, 5) is 10.4. The first-order chi connectivity index (χ1) is 11.8. The van der Waals surface area contributed by atoms with Gasteiger partial charge in [-0.15, -0.1) is 12.4 Å². The van der Waals surface area contributed by atoms with E-state index >= 15 is 0 Å². The van der Waals surface area contributed by atoms with Gasteiger partial charge in [-0.05, 0) is 40.5 Å². The van der Waals surface area contributed by atoms with E-state index in [2.05, 4.69) is 31.2 Å². The van der Waals surface area contributed by atoms with Gasteiger partial charge in [0, 0.05) is 43.6 Å². The molecule has 0 aliphatic carbocycles. The maximum Gasteiger partial charge on any atom is 0.416 e. The minimum absolute atomic E-state index is 0. The van der Waals surface area contributed by atoms with E-state index in [4.69, 9.17) is 0 Å². The van der Waals surface area contributed by atoms with Crippen LogP contribution in [0.3, 0.4) is 0 Å². The second kappa shape index (κ2) is 8.49. The van der Waals surface area contributed by atoms with Gasteiger partial charge in [0.05, 0.1) is 10.0 Å². The van der Waals surface area contributed by atoms with E-state index in [1.807, 2.05) is 4.90 Å². The zero-order valence-electron chi connectivity index (χ0n) is 13.4. The van der Waals surface area contributed by atoms with Crippen LogP contribution in [0.4, 0.5) is 23.5 Å². The van der Waals surface area contributed by atoms with Gasteiger partial charge in [-0.2, -0.15) is 13.2 Å². The fourth-order valence-corrected chi connectivity index (χ4v) is 2.92. The fourth-order valence-electron chi connectivity index (χ4n) is 2.72. The highest BCUT2D eigenvalue weighted by atomic mass is 79.9. The molecule has 0 amide bonds. The Bertz CT molecular complexity index is 742. The van der Waals surface area contributed by atoms with Crippen LogP contribution in [0.15, 0.2) is 35.1 Å². The number of nitrogens with zero attached hydrogens (tertiary/aromatic N) is 3. The van der Waals surface area contributed by atoms with E-state index in [-0.39, 0.29) is 30.6 Å². The van der Waals surface area contributed by atoms with Crippen molar-refractivity contribution in [3.8, 4) is 0 Å². The molecule has 1 aromatic carbocycles. The molecule has 1 atom stereocenters. The Morgan fingerprint density at radius 1 is 1.23 bits per heavy atom. The molecule has 2 heterocycles. The SMILES string of the molecule is Cl.Fc1ccc(C(F)(F)F)cc1CNC1CCN(c2ncc(Br)cn2)C1. The van der Waals surface area contributed by atoms with Gasteiger partial charge in [0.2, 0.25) is 5.95 Å². The maximum absolute atomic E-state index is 13.8. The first-order valence-electron chi connectivity index (χ1n) is 7.64. The van der Waals surface area contributed by atoms with Crippen LogP contribution in [0, 0.1) is 5.82 Å². The highest BCUT2D eigenvalue weighted by Gasteiger charge is 2.31. The topological polar surface area (TPSA) is 41.0 Å². The Labute approximate surface area is 162 Å². The van der Waals surface area contributed by atoms with Gasteiger partial charge in [-0.25, -0.2) is 14.4 Å². The number of halogens is 6. The molecular weight excluding hydrogens is 440 g/mol. The van der Waals surface area contributed by atoms with Gasteiger partial charge < -0.3 is 10.2 Å². The molecule has 4 nitrogen and oxygen atoms in total. The zero-order chi connectivity index (χ0) is 18.0. The summed E-state index contributed by atoms with van der Waals surface area (Å²) in [6.07, 6.45) is -0.395. The summed E-state index contributed by atoms with van der Waals surface area (Å²) in [6.45, 7) is 1.38. The Kier molecular flexibility index (Phi) is 6.81. The van der Waals surface area contributed by atoms with Crippen molar-refractivity contribution in [1.82, 2.24) is 15.3 Å². The number of anilines is 1. The first-order valence-corrected chi connectivity index (χ1v) is 8.44. The van der Waals surface area contributed by atoms with Crippen LogP contribution in [-0.4, -0.2) is 29.1 Å². The summed E-state index contributed by atoms with van der Waals surface area (Å²) in [5.74, 6) is -0.0515. The molecule has 26 heavy (non-hydrogen) atoms. The Morgan fingerprint density at radius 3 is 2.58 bits per heavy atom. The summed E-state index contributed by atoms with van der Waals surface area (Å²) >= 11 is 3.27. The number of hydrogen-bond acceptors (Lipinski definition) is 4. The molecule has 1 aliphatic rings. The Morgan fingerprint density at radius 2 is 1.92 bits per heavy atom. The number of nitrogens with one attached hydrogen (secondary N) is 1. The normalized spacial score (nSPS) is 17.3. The molecule has 1 fully saturated rings. The number of benzene rings is 1. The highest BCUT2D eigenvalue weighted by molar-refractivity contribution is 9.10. The summed E-state index contributed by atoms with van der Waals surface area (Å²) in [7, 11) is 0. The molecule has 0 radical (unpaired) electrons. The Hall–Kier alpha value is -1.45. The fraction of sp³-hybridized carbons (Fsp3) is 0.375. The molecule has 0 bridgehead atoms. The summed E-state index contributed by atoms with van der Waals surface area (Å²) in [5, 5.41) is 3.11. The molecule has 3 rings (SSSR count). The summed E-state index contributed by atoms with van der Waals surface area (Å²) in [5.41, 5.74) is -0.838. The van der Waals surface area contributed by atoms with Gasteiger partial charge in [-0.1, -0.05) is 0 Å². The van der Waals surface area contributed by atoms with Gasteiger partial charge in [0.15, 0.2) is 0 Å². The van der Waals surface area contributed by atoms with Gasteiger partial charge >= 0.3 is 6.18 Å². The van der Waals surface area contributed by atoms with Crippen LogP contribution >= 0.6 is 28.3 Å². The van der Waals surface area contributed by atoms with E-state index in [9.17, 15) is 17.6 Å². The quantitative estimate of drug-likeness (QED) is 0.702. The average molecular weight is 456 g/mol. The smallest absolute Gasteiger partial charge is 0.339 e. The molecule has 1 N–H and O–H groups in total.